The highest BCUT2D eigenvalue weighted by molar-refractivity contribution is 7.09. The van der Waals surface area contributed by atoms with Crippen LogP contribution in [0.25, 0.3) is 0 Å². The predicted molar refractivity (Wildman–Crippen MR) is 84.5 cm³/mol. The second-order valence-corrected chi connectivity index (χ2v) is 6.73. The number of aliphatic hydroxyl groups excluding tert-OH is 2. The molecule has 0 aromatic carbocycles. The molecule has 0 amide bonds. The molecule has 1 saturated heterocycles. The largest absolute Gasteiger partial charge is 0.392 e. The van der Waals surface area contributed by atoms with Crippen LogP contribution in [-0.2, 0) is 11.3 Å². The Kier molecular flexibility index (Phi) is 7.09. The van der Waals surface area contributed by atoms with Crippen molar-refractivity contribution in [2.45, 2.75) is 25.7 Å². The SMILES string of the molecule is C[C@@H](O)CN1CCN(C[C@H](O)COCc2cccs2)CC1. The van der Waals surface area contributed by atoms with Crippen LogP contribution in [0.1, 0.15) is 11.8 Å². The van der Waals surface area contributed by atoms with Crippen molar-refractivity contribution in [2.75, 3.05) is 45.9 Å². The first kappa shape index (κ1) is 16.9. The maximum absolute atomic E-state index is 10.0. The maximum Gasteiger partial charge on any atom is 0.0900 e. The van der Waals surface area contributed by atoms with Gasteiger partial charge in [0.1, 0.15) is 0 Å². The lowest BCUT2D eigenvalue weighted by Crippen LogP contribution is -2.50. The third-order valence-corrected chi connectivity index (χ3v) is 4.44. The summed E-state index contributed by atoms with van der Waals surface area (Å²) in [6, 6.07) is 4.05. The van der Waals surface area contributed by atoms with Crippen molar-refractivity contribution in [3.8, 4) is 0 Å². The average Bonchev–Trinajstić information content (AvgIpc) is 2.93. The molecule has 1 aliphatic heterocycles. The van der Waals surface area contributed by atoms with Gasteiger partial charge in [-0.3, -0.25) is 9.80 Å². The van der Waals surface area contributed by atoms with Crippen molar-refractivity contribution in [2.24, 2.45) is 0 Å². The lowest BCUT2D eigenvalue weighted by molar-refractivity contribution is -0.000814. The minimum atomic E-state index is -0.437. The molecule has 2 atom stereocenters. The van der Waals surface area contributed by atoms with E-state index >= 15 is 0 Å². The molecule has 0 spiro atoms. The zero-order valence-corrected chi connectivity index (χ0v) is 13.5. The summed E-state index contributed by atoms with van der Waals surface area (Å²) >= 11 is 1.67. The monoisotopic (exact) mass is 314 g/mol. The van der Waals surface area contributed by atoms with Crippen LogP contribution in [-0.4, -0.2) is 78.1 Å². The van der Waals surface area contributed by atoms with E-state index in [1.807, 2.05) is 24.4 Å². The van der Waals surface area contributed by atoms with Crippen LogP contribution in [0, 0.1) is 0 Å². The van der Waals surface area contributed by atoms with E-state index in [-0.39, 0.29) is 6.10 Å². The van der Waals surface area contributed by atoms with Crippen molar-refractivity contribution in [3.63, 3.8) is 0 Å². The molecular formula is C15H26N2O3S. The molecule has 120 valence electrons. The topological polar surface area (TPSA) is 56.2 Å². The van der Waals surface area contributed by atoms with Gasteiger partial charge in [0, 0.05) is 44.1 Å². The number of ether oxygens (including phenoxy) is 1. The maximum atomic E-state index is 10.0. The summed E-state index contributed by atoms with van der Waals surface area (Å²) in [6.45, 7) is 7.96. The Hall–Kier alpha value is -0.500. The molecule has 0 radical (unpaired) electrons. The van der Waals surface area contributed by atoms with Crippen LogP contribution in [0.3, 0.4) is 0 Å². The fourth-order valence-corrected chi connectivity index (χ4v) is 3.21. The van der Waals surface area contributed by atoms with Crippen molar-refractivity contribution < 1.29 is 14.9 Å². The van der Waals surface area contributed by atoms with Gasteiger partial charge in [-0.25, -0.2) is 0 Å². The van der Waals surface area contributed by atoms with Crippen molar-refractivity contribution in [3.05, 3.63) is 22.4 Å². The van der Waals surface area contributed by atoms with Gasteiger partial charge in [-0.2, -0.15) is 0 Å². The molecule has 1 aromatic rings. The predicted octanol–water partition coefficient (Wildman–Crippen LogP) is 0.624. The van der Waals surface area contributed by atoms with E-state index in [0.29, 0.717) is 19.8 Å². The number of piperazine rings is 1. The van der Waals surface area contributed by atoms with E-state index in [4.69, 9.17) is 4.74 Å². The molecule has 1 aromatic heterocycles. The number of hydrogen-bond donors (Lipinski definition) is 2. The first-order valence-corrected chi connectivity index (χ1v) is 8.42. The Morgan fingerprint density at radius 3 is 2.43 bits per heavy atom. The van der Waals surface area contributed by atoms with Gasteiger partial charge < -0.3 is 14.9 Å². The van der Waals surface area contributed by atoms with Crippen LogP contribution in [0.5, 0.6) is 0 Å². The van der Waals surface area contributed by atoms with Gasteiger partial charge in [-0.1, -0.05) is 6.07 Å². The number of nitrogens with zero attached hydrogens (tertiary/aromatic N) is 2. The van der Waals surface area contributed by atoms with E-state index in [1.165, 1.54) is 4.88 Å². The number of rotatable bonds is 8. The molecule has 0 saturated carbocycles. The van der Waals surface area contributed by atoms with Crippen LogP contribution in [0.2, 0.25) is 0 Å². The molecular weight excluding hydrogens is 288 g/mol. The van der Waals surface area contributed by atoms with E-state index in [1.54, 1.807) is 11.3 Å². The third-order valence-electron chi connectivity index (χ3n) is 3.59. The molecule has 0 unspecified atom stereocenters. The first-order chi connectivity index (χ1) is 10.1. The highest BCUT2D eigenvalue weighted by Gasteiger charge is 2.19. The van der Waals surface area contributed by atoms with E-state index in [0.717, 1.165) is 32.7 Å². The molecule has 5 nitrogen and oxygen atoms in total. The third kappa shape index (κ3) is 6.42. The zero-order valence-electron chi connectivity index (χ0n) is 12.6. The normalized spacial score (nSPS) is 20.5. The lowest BCUT2D eigenvalue weighted by atomic mass is 10.2. The van der Waals surface area contributed by atoms with Crippen molar-refractivity contribution >= 4 is 11.3 Å². The van der Waals surface area contributed by atoms with Crippen LogP contribution >= 0.6 is 11.3 Å². The molecule has 2 heterocycles. The van der Waals surface area contributed by atoms with Gasteiger partial charge in [0.25, 0.3) is 0 Å². The molecule has 6 heteroatoms. The lowest BCUT2D eigenvalue weighted by Gasteiger charge is -2.36. The standard InChI is InChI=1S/C15H26N2O3S/c1-13(18)9-16-4-6-17(7-5-16)10-14(19)11-20-12-15-3-2-8-21-15/h2-3,8,13-14,18-19H,4-7,9-12H2,1H3/t13-,14+/m1/s1. The van der Waals surface area contributed by atoms with Crippen molar-refractivity contribution in [1.29, 1.82) is 0 Å². The molecule has 1 fully saturated rings. The van der Waals surface area contributed by atoms with Gasteiger partial charge in [0.05, 0.1) is 25.4 Å². The number of thiophene rings is 1. The molecule has 1 aliphatic rings. The fraction of sp³-hybridized carbons (Fsp3) is 0.733. The molecule has 0 bridgehead atoms. The Balaban J connectivity index is 1.57. The average molecular weight is 314 g/mol. The number of aliphatic hydroxyl groups is 2. The minimum absolute atomic E-state index is 0.271. The molecule has 21 heavy (non-hydrogen) atoms. The van der Waals surface area contributed by atoms with Crippen molar-refractivity contribution in [1.82, 2.24) is 9.80 Å². The number of β-amino-alcohol motifs (C(OH)–C–C–N with tert-alkyl or cyclic N) is 2. The van der Waals surface area contributed by atoms with E-state index in [9.17, 15) is 10.2 Å². The summed E-state index contributed by atoms with van der Waals surface area (Å²) < 4.78 is 5.55. The molecule has 2 N–H and O–H groups in total. The summed E-state index contributed by atoms with van der Waals surface area (Å²) in [6.07, 6.45) is -0.707. The summed E-state index contributed by atoms with van der Waals surface area (Å²) in [7, 11) is 0. The summed E-state index contributed by atoms with van der Waals surface area (Å²) in [5.41, 5.74) is 0. The smallest absolute Gasteiger partial charge is 0.0900 e. The van der Waals surface area contributed by atoms with E-state index < -0.39 is 6.10 Å². The highest BCUT2D eigenvalue weighted by Crippen LogP contribution is 2.10. The van der Waals surface area contributed by atoms with Gasteiger partial charge in [-0.05, 0) is 18.4 Å². The Morgan fingerprint density at radius 2 is 1.86 bits per heavy atom. The summed E-state index contributed by atoms with van der Waals surface area (Å²) in [5, 5.41) is 21.4. The second-order valence-electron chi connectivity index (χ2n) is 5.70. The fourth-order valence-electron chi connectivity index (χ4n) is 2.57. The summed E-state index contributed by atoms with van der Waals surface area (Å²) in [4.78, 5) is 5.72. The molecule has 0 aliphatic carbocycles. The van der Waals surface area contributed by atoms with Gasteiger partial charge in [-0.15, -0.1) is 11.3 Å². The van der Waals surface area contributed by atoms with Crippen LogP contribution in [0.4, 0.5) is 0 Å². The van der Waals surface area contributed by atoms with Gasteiger partial charge in [0.15, 0.2) is 0 Å². The highest BCUT2D eigenvalue weighted by atomic mass is 32.1. The van der Waals surface area contributed by atoms with Crippen LogP contribution < -0.4 is 0 Å². The van der Waals surface area contributed by atoms with Gasteiger partial charge >= 0.3 is 0 Å². The quantitative estimate of drug-likeness (QED) is 0.737. The Morgan fingerprint density at radius 1 is 1.19 bits per heavy atom. The number of hydrogen-bond acceptors (Lipinski definition) is 6. The Bertz CT molecular complexity index is 378. The second kappa shape index (κ2) is 8.82. The first-order valence-electron chi connectivity index (χ1n) is 7.54. The Labute approximate surface area is 130 Å². The van der Waals surface area contributed by atoms with Crippen LogP contribution in [0.15, 0.2) is 17.5 Å². The van der Waals surface area contributed by atoms with Gasteiger partial charge in [0.2, 0.25) is 0 Å². The molecule has 2 rings (SSSR count). The van der Waals surface area contributed by atoms with E-state index in [2.05, 4.69) is 9.80 Å². The zero-order chi connectivity index (χ0) is 15.1. The minimum Gasteiger partial charge on any atom is -0.392 e. The summed E-state index contributed by atoms with van der Waals surface area (Å²) in [5.74, 6) is 0.